The van der Waals surface area contributed by atoms with E-state index in [0.717, 1.165) is 0 Å². The second-order valence-electron chi connectivity index (χ2n) is 3.92. The van der Waals surface area contributed by atoms with Gasteiger partial charge in [-0.15, -0.1) is 5.10 Å². The van der Waals surface area contributed by atoms with Gasteiger partial charge in [-0.1, -0.05) is 5.21 Å². The summed E-state index contributed by atoms with van der Waals surface area (Å²) in [5.41, 5.74) is 7.03. The molecule has 0 atom stereocenters. The van der Waals surface area contributed by atoms with Crippen LogP contribution in [0.4, 0.5) is 5.69 Å². The lowest BCUT2D eigenvalue weighted by molar-refractivity contribution is 0.0464. The van der Waals surface area contributed by atoms with E-state index >= 15 is 0 Å². The van der Waals surface area contributed by atoms with Crippen LogP contribution in [0.5, 0.6) is 5.75 Å². The van der Waals surface area contributed by atoms with E-state index in [-0.39, 0.29) is 6.61 Å². The molecule has 2 rings (SSSR count). The molecular formula is C12H14N4O3. The fraction of sp³-hybridized carbons (Fsp3) is 0.250. The van der Waals surface area contributed by atoms with Crippen LogP contribution in [-0.4, -0.2) is 28.1 Å². The Morgan fingerprint density at radius 1 is 1.47 bits per heavy atom. The molecule has 7 heteroatoms. The molecule has 0 saturated heterocycles. The van der Waals surface area contributed by atoms with Crippen molar-refractivity contribution in [2.45, 2.75) is 6.61 Å². The van der Waals surface area contributed by atoms with E-state index in [9.17, 15) is 4.79 Å². The lowest BCUT2D eigenvalue weighted by atomic mass is 10.2. The van der Waals surface area contributed by atoms with E-state index in [1.807, 2.05) is 0 Å². The van der Waals surface area contributed by atoms with Crippen LogP contribution in [0.1, 0.15) is 16.1 Å². The van der Waals surface area contributed by atoms with Gasteiger partial charge in [0.2, 0.25) is 0 Å². The molecule has 1 aromatic heterocycles. The Balaban J connectivity index is 2.07. The molecule has 0 aliphatic rings. The zero-order chi connectivity index (χ0) is 13.8. The predicted molar refractivity (Wildman–Crippen MR) is 67.5 cm³/mol. The Morgan fingerprint density at radius 3 is 2.89 bits per heavy atom. The number of rotatable bonds is 4. The summed E-state index contributed by atoms with van der Waals surface area (Å²) in [7, 11) is 3.20. The molecule has 0 aliphatic heterocycles. The first-order chi connectivity index (χ1) is 9.10. The number of hydrogen-bond acceptors (Lipinski definition) is 6. The molecule has 100 valence electrons. The van der Waals surface area contributed by atoms with Gasteiger partial charge in [0, 0.05) is 18.8 Å². The van der Waals surface area contributed by atoms with Gasteiger partial charge in [0.25, 0.3) is 0 Å². The third kappa shape index (κ3) is 3.01. The zero-order valence-corrected chi connectivity index (χ0v) is 10.7. The molecule has 0 radical (unpaired) electrons. The molecule has 0 spiro atoms. The molecule has 2 aromatic rings. The largest absolute Gasteiger partial charge is 0.496 e. The van der Waals surface area contributed by atoms with Crippen LogP contribution in [-0.2, 0) is 18.4 Å². The molecule has 1 aromatic carbocycles. The SMILES string of the molecule is COc1cc(N)ccc1C(=O)OCc1cn(C)nn1. The number of esters is 1. The van der Waals surface area contributed by atoms with Crippen molar-refractivity contribution in [1.82, 2.24) is 15.0 Å². The Morgan fingerprint density at radius 2 is 2.26 bits per heavy atom. The first-order valence-corrected chi connectivity index (χ1v) is 5.56. The van der Waals surface area contributed by atoms with Crippen LogP contribution < -0.4 is 10.5 Å². The van der Waals surface area contributed by atoms with E-state index in [2.05, 4.69) is 10.3 Å². The molecule has 7 nitrogen and oxygen atoms in total. The van der Waals surface area contributed by atoms with E-state index in [1.165, 1.54) is 11.8 Å². The number of methoxy groups -OCH3 is 1. The maximum atomic E-state index is 11.9. The third-order valence-electron chi connectivity index (χ3n) is 2.45. The van der Waals surface area contributed by atoms with Gasteiger partial charge in [-0.25, -0.2) is 4.79 Å². The summed E-state index contributed by atoms with van der Waals surface area (Å²) in [6, 6.07) is 4.74. The zero-order valence-electron chi connectivity index (χ0n) is 10.7. The van der Waals surface area contributed by atoms with Crippen molar-refractivity contribution in [3.63, 3.8) is 0 Å². The van der Waals surface area contributed by atoms with Crippen LogP contribution in [0, 0.1) is 0 Å². The minimum Gasteiger partial charge on any atom is -0.496 e. The fourth-order valence-corrected chi connectivity index (χ4v) is 1.56. The molecule has 1 heterocycles. The van der Waals surface area contributed by atoms with Crippen LogP contribution in [0.15, 0.2) is 24.4 Å². The number of benzene rings is 1. The van der Waals surface area contributed by atoms with Crippen molar-refractivity contribution >= 4 is 11.7 Å². The minimum absolute atomic E-state index is 0.0558. The predicted octanol–water partition coefficient (Wildman–Crippen LogP) is 0.763. The molecule has 0 bridgehead atoms. The summed E-state index contributed by atoms with van der Waals surface area (Å²) in [4.78, 5) is 11.9. The van der Waals surface area contributed by atoms with Crippen LogP contribution in [0.3, 0.4) is 0 Å². The lowest BCUT2D eigenvalue weighted by Gasteiger charge is -2.08. The average Bonchev–Trinajstić information content (AvgIpc) is 2.81. The van der Waals surface area contributed by atoms with Gasteiger partial charge in [-0.05, 0) is 12.1 Å². The first-order valence-electron chi connectivity index (χ1n) is 5.56. The summed E-state index contributed by atoms with van der Waals surface area (Å²) in [6.07, 6.45) is 1.67. The standard InChI is InChI=1S/C12H14N4O3/c1-16-6-9(14-15-16)7-19-12(17)10-4-3-8(13)5-11(10)18-2/h3-6H,7,13H2,1-2H3. The number of nitrogen functional groups attached to an aromatic ring is 1. The maximum absolute atomic E-state index is 11.9. The number of nitrogens with two attached hydrogens (primary N) is 1. The summed E-state index contributed by atoms with van der Waals surface area (Å²) >= 11 is 0. The van der Waals surface area contributed by atoms with Gasteiger partial charge in [0.05, 0.1) is 13.3 Å². The number of hydrogen-bond donors (Lipinski definition) is 1. The number of ether oxygens (including phenoxy) is 2. The fourth-order valence-electron chi connectivity index (χ4n) is 1.56. The molecule has 0 unspecified atom stereocenters. The number of nitrogens with zero attached hydrogens (tertiary/aromatic N) is 3. The normalized spacial score (nSPS) is 10.2. The first kappa shape index (κ1) is 12.9. The smallest absolute Gasteiger partial charge is 0.342 e. The topological polar surface area (TPSA) is 92.3 Å². The van der Waals surface area contributed by atoms with Gasteiger partial charge in [-0.2, -0.15) is 0 Å². The molecular weight excluding hydrogens is 248 g/mol. The molecule has 0 fully saturated rings. The monoisotopic (exact) mass is 262 g/mol. The average molecular weight is 262 g/mol. The van der Waals surface area contributed by atoms with E-state index < -0.39 is 5.97 Å². The van der Waals surface area contributed by atoms with Crippen molar-refractivity contribution in [3.05, 3.63) is 35.7 Å². The highest BCUT2D eigenvalue weighted by atomic mass is 16.5. The van der Waals surface area contributed by atoms with Crippen molar-refractivity contribution in [2.24, 2.45) is 7.05 Å². The highest BCUT2D eigenvalue weighted by molar-refractivity contribution is 5.93. The van der Waals surface area contributed by atoms with Crippen molar-refractivity contribution in [1.29, 1.82) is 0 Å². The van der Waals surface area contributed by atoms with Crippen molar-refractivity contribution in [3.8, 4) is 5.75 Å². The van der Waals surface area contributed by atoms with Crippen LogP contribution in [0.25, 0.3) is 0 Å². The van der Waals surface area contributed by atoms with Gasteiger partial charge in [0.1, 0.15) is 23.6 Å². The highest BCUT2D eigenvalue weighted by Gasteiger charge is 2.14. The molecule has 0 aliphatic carbocycles. The Hall–Kier alpha value is -2.57. The van der Waals surface area contributed by atoms with Crippen LogP contribution in [0.2, 0.25) is 0 Å². The lowest BCUT2D eigenvalue weighted by Crippen LogP contribution is -2.07. The summed E-state index contributed by atoms with van der Waals surface area (Å²) in [5.74, 6) is -0.119. The second-order valence-corrected chi connectivity index (χ2v) is 3.92. The molecule has 0 amide bonds. The van der Waals surface area contributed by atoms with Crippen molar-refractivity contribution < 1.29 is 14.3 Å². The van der Waals surface area contributed by atoms with E-state index in [1.54, 1.807) is 31.4 Å². The van der Waals surface area contributed by atoms with Gasteiger partial charge in [-0.3, -0.25) is 4.68 Å². The van der Waals surface area contributed by atoms with Gasteiger partial charge in [0.15, 0.2) is 0 Å². The molecule has 19 heavy (non-hydrogen) atoms. The maximum Gasteiger partial charge on any atom is 0.342 e. The highest BCUT2D eigenvalue weighted by Crippen LogP contribution is 2.22. The second kappa shape index (κ2) is 5.38. The summed E-state index contributed by atoms with van der Waals surface area (Å²) in [5, 5.41) is 7.57. The summed E-state index contributed by atoms with van der Waals surface area (Å²) < 4.78 is 11.8. The Bertz CT molecular complexity index is 594. The number of anilines is 1. The Kier molecular flexibility index (Phi) is 3.65. The summed E-state index contributed by atoms with van der Waals surface area (Å²) in [6.45, 7) is 0.0558. The quantitative estimate of drug-likeness (QED) is 0.646. The van der Waals surface area contributed by atoms with E-state index in [4.69, 9.17) is 15.2 Å². The third-order valence-corrected chi connectivity index (χ3v) is 2.45. The molecule has 2 N–H and O–H groups in total. The molecule has 0 saturated carbocycles. The van der Waals surface area contributed by atoms with Gasteiger partial charge >= 0.3 is 5.97 Å². The Labute approximate surface area is 109 Å². The number of aromatic nitrogens is 3. The number of aryl methyl sites for hydroxylation is 1. The van der Waals surface area contributed by atoms with Gasteiger partial charge < -0.3 is 15.2 Å². The number of carbonyl (C=O) groups excluding carboxylic acids is 1. The number of carbonyl (C=O) groups is 1. The van der Waals surface area contributed by atoms with E-state index in [0.29, 0.717) is 22.7 Å². The van der Waals surface area contributed by atoms with Crippen molar-refractivity contribution in [2.75, 3.05) is 12.8 Å². The minimum atomic E-state index is -0.498. The van der Waals surface area contributed by atoms with Crippen LogP contribution >= 0.6 is 0 Å².